The molecule has 0 atom stereocenters. The van der Waals surface area contributed by atoms with Crippen molar-refractivity contribution < 1.29 is 9.53 Å². The van der Waals surface area contributed by atoms with Crippen molar-refractivity contribution in [3.8, 4) is 0 Å². The molecule has 0 aliphatic heterocycles. The number of carbonyl (C=O) groups excluding carboxylic acids is 1. The summed E-state index contributed by atoms with van der Waals surface area (Å²) in [5, 5.41) is 6.04. The number of carbonyl (C=O) groups is 1. The maximum absolute atomic E-state index is 11.4. The Morgan fingerprint density at radius 2 is 1.95 bits per heavy atom. The third-order valence-corrected chi connectivity index (χ3v) is 2.56. The minimum absolute atomic E-state index is 0.370. The average Bonchev–Trinajstić information content (AvgIpc) is 2.28. The van der Waals surface area contributed by atoms with E-state index in [1.54, 1.807) is 0 Å². The van der Waals surface area contributed by atoms with Crippen molar-refractivity contribution >= 4 is 11.8 Å². The van der Waals surface area contributed by atoms with Crippen LogP contribution in [0.3, 0.4) is 0 Å². The Balaban J connectivity index is 2.21. The van der Waals surface area contributed by atoms with Crippen molar-refractivity contribution in [3.63, 3.8) is 0 Å². The number of alkyl carbamates (subject to hydrolysis) is 1. The van der Waals surface area contributed by atoms with E-state index in [-0.39, 0.29) is 6.09 Å². The molecule has 5 heteroatoms. The first-order valence-electron chi connectivity index (χ1n) is 6.93. The molecule has 112 valence electrons. The van der Waals surface area contributed by atoms with Crippen molar-refractivity contribution in [3.05, 3.63) is 23.5 Å². The Labute approximate surface area is 121 Å². The summed E-state index contributed by atoms with van der Waals surface area (Å²) >= 11 is 0. The average molecular weight is 279 g/mol. The van der Waals surface area contributed by atoms with Gasteiger partial charge in [0.15, 0.2) is 0 Å². The molecular weight excluding hydrogens is 254 g/mol. The highest BCUT2D eigenvalue weighted by Crippen LogP contribution is 2.12. The second-order valence-corrected chi connectivity index (χ2v) is 5.79. The molecule has 0 radical (unpaired) electrons. The molecule has 0 spiro atoms. The molecule has 0 saturated heterocycles. The lowest BCUT2D eigenvalue weighted by molar-refractivity contribution is 0.0528. The Bertz CT molecular complexity index is 453. The van der Waals surface area contributed by atoms with Gasteiger partial charge < -0.3 is 15.4 Å². The predicted octanol–water partition coefficient (Wildman–Crippen LogP) is 3.03. The second kappa shape index (κ2) is 7.12. The summed E-state index contributed by atoms with van der Waals surface area (Å²) in [5.74, 6) is 0. The number of nitrogens with zero attached hydrogens (tertiary/aromatic N) is 1. The SMILES string of the molecule is Cc1ccc(NCCCNC(=O)OC(C)(C)C)c(C)n1. The van der Waals surface area contributed by atoms with Crippen LogP contribution >= 0.6 is 0 Å². The smallest absolute Gasteiger partial charge is 0.407 e. The van der Waals surface area contributed by atoms with Gasteiger partial charge in [0.2, 0.25) is 0 Å². The van der Waals surface area contributed by atoms with Crippen molar-refractivity contribution in [2.75, 3.05) is 18.4 Å². The standard InChI is InChI=1S/C15H25N3O2/c1-11-7-8-13(12(2)18-11)16-9-6-10-17-14(19)20-15(3,4)5/h7-8,16H,6,9-10H2,1-5H3,(H,17,19). The van der Waals surface area contributed by atoms with Crippen LogP contribution in [0.2, 0.25) is 0 Å². The van der Waals surface area contributed by atoms with Crippen LogP contribution in [-0.4, -0.2) is 29.8 Å². The third-order valence-electron chi connectivity index (χ3n) is 2.56. The van der Waals surface area contributed by atoms with Gasteiger partial charge in [-0.1, -0.05) is 0 Å². The summed E-state index contributed by atoms with van der Waals surface area (Å²) < 4.78 is 5.15. The lowest BCUT2D eigenvalue weighted by atomic mass is 10.2. The quantitative estimate of drug-likeness (QED) is 0.813. The first kappa shape index (κ1) is 16.3. The van der Waals surface area contributed by atoms with Crippen LogP contribution < -0.4 is 10.6 Å². The Morgan fingerprint density at radius 1 is 1.25 bits per heavy atom. The summed E-state index contributed by atoms with van der Waals surface area (Å²) in [4.78, 5) is 15.8. The lowest BCUT2D eigenvalue weighted by Gasteiger charge is -2.19. The number of amides is 1. The van der Waals surface area contributed by atoms with Crippen LogP contribution in [0.1, 0.15) is 38.6 Å². The van der Waals surface area contributed by atoms with Crippen molar-refractivity contribution in [2.24, 2.45) is 0 Å². The van der Waals surface area contributed by atoms with Gasteiger partial charge in [0.1, 0.15) is 5.60 Å². The molecule has 1 rings (SSSR count). The van der Waals surface area contributed by atoms with Gasteiger partial charge >= 0.3 is 6.09 Å². The van der Waals surface area contributed by atoms with Gasteiger partial charge in [0.05, 0.1) is 11.4 Å². The maximum atomic E-state index is 11.4. The molecule has 2 N–H and O–H groups in total. The molecule has 0 fully saturated rings. The summed E-state index contributed by atoms with van der Waals surface area (Å²) in [6, 6.07) is 4.01. The van der Waals surface area contributed by atoms with E-state index in [9.17, 15) is 4.79 Å². The number of pyridine rings is 1. The molecule has 1 aromatic rings. The highest BCUT2D eigenvalue weighted by Gasteiger charge is 2.15. The molecule has 1 heterocycles. The van der Waals surface area contributed by atoms with Gasteiger partial charge in [-0.3, -0.25) is 4.98 Å². The first-order valence-corrected chi connectivity index (χ1v) is 6.93. The van der Waals surface area contributed by atoms with Crippen molar-refractivity contribution in [1.82, 2.24) is 10.3 Å². The summed E-state index contributed by atoms with van der Waals surface area (Å²) in [6.45, 7) is 10.9. The van der Waals surface area contributed by atoms with Gasteiger partial charge in [-0.2, -0.15) is 0 Å². The number of nitrogens with one attached hydrogen (secondary N) is 2. The largest absolute Gasteiger partial charge is 0.444 e. The number of aromatic nitrogens is 1. The monoisotopic (exact) mass is 279 g/mol. The van der Waals surface area contributed by atoms with Crippen LogP contribution in [0, 0.1) is 13.8 Å². The molecule has 0 saturated carbocycles. The summed E-state index contributed by atoms with van der Waals surface area (Å²) in [7, 11) is 0. The topological polar surface area (TPSA) is 63.2 Å². The van der Waals surface area contributed by atoms with E-state index in [0.717, 1.165) is 30.0 Å². The van der Waals surface area contributed by atoms with E-state index >= 15 is 0 Å². The number of rotatable bonds is 5. The first-order chi connectivity index (χ1) is 9.28. The highest BCUT2D eigenvalue weighted by atomic mass is 16.6. The molecule has 0 aliphatic rings. The number of ether oxygens (including phenoxy) is 1. The van der Waals surface area contributed by atoms with E-state index < -0.39 is 5.60 Å². The number of aryl methyl sites for hydroxylation is 2. The fraction of sp³-hybridized carbons (Fsp3) is 0.600. The molecule has 0 unspecified atom stereocenters. The van der Waals surface area contributed by atoms with E-state index in [2.05, 4.69) is 15.6 Å². The Morgan fingerprint density at radius 3 is 2.55 bits per heavy atom. The number of hydrogen-bond donors (Lipinski definition) is 2. The van der Waals surface area contributed by atoms with Gasteiger partial charge in [0.25, 0.3) is 0 Å². The third kappa shape index (κ3) is 6.41. The van der Waals surface area contributed by atoms with E-state index in [1.165, 1.54) is 0 Å². The molecule has 1 aromatic heterocycles. The molecule has 5 nitrogen and oxygen atoms in total. The summed E-state index contributed by atoms with van der Waals surface area (Å²) in [5.41, 5.74) is 2.59. The van der Waals surface area contributed by atoms with Crippen LogP contribution in [0.4, 0.5) is 10.5 Å². The Hall–Kier alpha value is -1.78. The van der Waals surface area contributed by atoms with E-state index in [4.69, 9.17) is 4.74 Å². The molecule has 0 aliphatic carbocycles. The Kier molecular flexibility index (Phi) is 5.80. The molecule has 1 amide bonds. The van der Waals surface area contributed by atoms with Crippen LogP contribution in [0.5, 0.6) is 0 Å². The van der Waals surface area contributed by atoms with Gasteiger partial charge in [0, 0.05) is 18.8 Å². The summed E-state index contributed by atoms with van der Waals surface area (Å²) in [6.07, 6.45) is 0.456. The van der Waals surface area contributed by atoms with Crippen molar-refractivity contribution in [2.45, 2.75) is 46.6 Å². The van der Waals surface area contributed by atoms with Crippen LogP contribution in [0.25, 0.3) is 0 Å². The molecule has 0 bridgehead atoms. The van der Waals surface area contributed by atoms with Crippen LogP contribution in [0.15, 0.2) is 12.1 Å². The zero-order valence-corrected chi connectivity index (χ0v) is 13.0. The maximum Gasteiger partial charge on any atom is 0.407 e. The molecular formula is C15H25N3O2. The predicted molar refractivity (Wildman–Crippen MR) is 81.1 cm³/mol. The van der Waals surface area contributed by atoms with E-state index in [1.807, 2.05) is 46.8 Å². The molecule has 0 aromatic carbocycles. The highest BCUT2D eigenvalue weighted by molar-refractivity contribution is 5.67. The molecule has 20 heavy (non-hydrogen) atoms. The normalized spacial score (nSPS) is 11.1. The van der Waals surface area contributed by atoms with Gasteiger partial charge in [-0.05, 0) is 53.2 Å². The second-order valence-electron chi connectivity index (χ2n) is 5.79. The minimum atomic E-state index is -0.451. The van der Waals surface area contributed by atoms with Gasteiger partial charge in [-0.25, -0.2) is 4.79 Å². The van der Waals surface area contributed by atoms with Crippen molar-refractivity contribution in [1.29, 1.82) is 0 Å². The van der Waals surface area contributed by atoms with E-state index in [0.29, 0.717) is 6.54 Å². The van der Waals surface area contributed by atoms with Crippen LogP contribution in [-0.2, 0) is 4.74 Å². The van der Waals surface area contributed by atoms with Gasteiger partial charge in [-0.15, -0.1) is 0 Å². The minimum Gasteiger partial charge on any atom is -0.444 e. The zero-order chi connectivity index (χ0) is 15.2. The zero-order valence-electron chi connectivity index (χ0n) is 13.0. The number of anilines is 1. The fourth-order valence-electron chi connectivity index (χ4n) is 1.69. The lowest BCUT2D eigenvalue weighted by Crippen LogP contribution is -2.33. The fourth-order valence-corrected chi connectivity index (χ4v) is 1.69. The number of hydrogen-bond acceptors (Lipinski definition) is 4.